The van der Waals surface area contributed by atoms with E-state index in [4.69, 9.17) is 28.3 Å². The first-order valence-electron chi connectivity index (χ1n) is 6.96. The lowest BCUT2D eigenvalue weighted by Crippen LogP contribution is -2.46. The van der Waals surface area contributed by atoms with E-state index < -0.39 is 23.8 Å². The summed E-state index contributed by atoms with van der Waals surface area (Å²) in [6, 6.07) is 3.61. The maximum absolute atomic E-state index is 12.0. The van der Waals surface area contributed by atoms with Gasteiger partial charge in [-0.15, -0.1) is 0 Å². The van der Waals surface area contributed by atoms with E-state index in [2.05, 4.69) is 10.6 Å². The fourth-order valence-electron chi connectivity index (χ4n) is 1.90. The van der Waals surface area contributed by atoms with Crippen molar-refractivity contribution in [3.63, 3.8) is 0 Å². The van der Waals surface area contributed by atoms with Gasteiger partial charge >= 0.3 is 5.97 Å². The molecular formula is C15H18Cl2N2O4. The number of hydrogen-bond acceptors (Lipinski definition) is 3. The second-order valence-electron chi connectivity index (χ2n) is 5.37. The fraction of sp³-hybridized carbons (Fsp3) is 0.400. The summed E-state index contributed by atoms with van der Waals surface area (Å²) in [5, 5.41) is 14.1. The van der Waals surface area contributed by atoms with Crippen LogP contribution in [-0.4, -0.2) is 35.5 Å². The quantitative estimate of drug-likeness (QED) is 0.695. The van der Waals surface area contributed by atoms with Gasteiger partial charge in [-0.2, -0.15) is 0 Å². The molecular weight excluding hydrogens is 343 g/mol. The Morgan fingerprint density at radius 1 is 1.17 bits per heavy atom. The normalized spacial score (nSPS) is 11.9. The van der Waals surface area contributed by atoms with E-state index in [1.807, 2.05) is 13.8 Å². The van der Waals surface area contributed by atoms with Crippen molar-refractivity contribution in [1.29, 1.82) is 0 Å². The predicted molar refractivity (Wildman–Crippen MR) is 87.8 cm³/mol. The van der Waals surface area contributed by atoms with Gasteiger partial charge in [0.2, 0.25) is 5.91 Å². The summed E-state index contributed by atoms with van der Waals surface area (Å²) < 4.78 is 0. The van der Waals surface area contributed by atoms with Crippen LogP contribution in [0, 0.1) is 5.92 Å². The molecule has 1 atom stereocenters. The van der Waals surface area contributed by atoms with Crippen LogP contribution >= 0.6 is 23.2 Å². The number of hydrogen-bond donors (Lipinski definition) is 3. The van der Waals surface area contributed by atoms with E-state index in [0.717, 1.165) is 0 Å². The smallest absolute Gasteiger partial charge is 0.326 e. The first-order chi connectivity index (χ1) is 10.7. The molecule has 0 aliphatic heterocycles. The van der Waals surface area contributed by atoms with E-state index in [1.54, 1.807) is 6.07 Å². The maximum Gasteiger partial charge on any atom is 0.326 e. The fourth-order valence-corrected chi connectivity index (χ4v) is 2.47. The third kappa shape index (κ3) is 6.08. The van der Waals surface area contributed by atoms with Crippen LogP contribution in [0.4, 0.5) is 0 Å². The van der Waals surface area contributed by atoms with Crippen LogP contribution in [0.2, 0.25) is 10.0 Å². The summed E-state index contributed by atoms with van der Waals surface area (Å²) in [7, 11) is 0. The summed E-state index contributed by atoms with van der Waals surface area (Å²) in [6.45, 7) is 3.33. The van der Waals surface area contributed by atoms with Gasteiger partial charge in [0.05, 0.1) is 22.2 Å². The minimum Gasteiger partial charge on any atom is -0.480 e. The third-order valence-electron chi connectivity index (χ3n) is 2.94. The minimum absolute atomic E-state index is 0.0700. The van der Waals surface area contributed by atoms with E-state index in [1.165, 1.54) is 12.1 Å². The summed E-state index contributed by atoms with van der Waals surface area (Å²) in [5.41, 5.74) is 0.0700. The van der Waals surface area contributed by atoms with Crippen molar-refractivity contribution >= 4 is 41.0 Å². The highest BCUT2D eigenvalue weighted by Crippen LogP contribution is 2.23. The molecule has 0 saturated carbocycles. The Kier molecular flexibility index (Phi) is 7.32. The van der Waals surface area contributed by atoms with Crippen LogP contribution in [0.5, 0.6) is 0 Å². The predicted octanol–water partition coefficient (Wildman–Crippen LogP) is 2.34. The molecule has 6 nitrogen and oxygen atoms in total. The molecule has 0 radical (unpaired) electrons. The number of aliphatic carboxylic acids is 1. The van der Waals surface area contributed by atoms with Gasteiger partial charge in [0.25, 0.3) is 5.91 Å². The molecule has 1 aromatic carbocycles. The van der Waals surface area contributed by atoms with Crippen molar-refractivity contribution in [2.45, 2.75) is 26.3 Å². The number of carboxylic acid groups (broad SMARTS) is 1. The number of amides is 2. The Morgan fingerprint density at radius 2 is 1.74 bits per heavy atom. The minimum atomic E-state index is -1.12. The number of carboxylic acids is 1. The van der Waals surface area contributed by atoms with Gasteiger partial charge in [0, 0.05) is 0 Å². The number of rotatable bonds is 7. The average Bonchev–Trinajstić information content (AvgIpc) is 2.43. The summed E-state index contributed by atoms with van der Waals surface area (Å²) in [4.78, 5) is 34.9. The van der Waals surface area contributed by atoms with Crippen LogP contribution in [0.15, 0.2) is 18.2 Å². The summed E-state index contributed by atoms with van der Waals surface area (Å²) >= 11 is 11.8. The maximum atomic E-state index is 12.0. The lowest BCUT2D eigenvalue weighted by molar-refractivity contribution is -0.142. The standard InChI is InChI=1S/C15H18Cl2N2O4/c1-8(2)6-11(15(22)23)19-12(20)7-18-14(21)13-9(16)4-3-5-10(13)17/h3-5,8,11H,6-7H2,1-2H3,(H,18,21)(H,19,20)(H,22,23)/t11-/m0/s1. The molecule has 0 fully saturated rings. The lowest BCUT2D eigenvalue weighted by Gasteiger charge is -2.16. The summed E-state index contributed by atoms with van der Waals surface area (Å²) in [6.07, 6.45) is 0.297. The lowest BCUT2D eigenvalue weighted by atomic mass is 10.0. The first kappa shape index (κ1) is 19.3. The molecule has 0 aromatic heterocycles. The van der Waals surface area contributed by atoms with Gasteiger partial charge in [-0.05, 0) is 24.5 Å². The van der Waals surface area contributed by atoms with Gasteiger partial charge < -0.3 is 15.7 Å². The SMILES string of the molecule is CC(C)C[C@H](NC(=O)CNC(=O)c1c(Cl)cccc1Cl)C(=O)O. The highest BCUT2D eigenvalue weighted by atomic mass is 35.5. The van der Waals surface area contributed by atoms with Crippen molar-refractivity contribution < 1.29 is 19.5 Å². The first-order valence-corrected chi connectivity index (χ1v) is 7.72. The van der Waals surface area contributed by atoms with E-state index >= 15 is 0 Å². The summed E-state index contributed by atoms with van der Waals surface area (Å²) in [5.74, 6) is -2.22. The largest absolute Gasteiger partial charge is 0.480 e. The molecule has 126 valence electrons. The van der Waals surface area contributed by atoms with Crippen molar-refractivity contribution in [2.24, 2.45) is 5.92 Å². The number of carbonyl (C=O) groups is 3. The zero-order valence-corrected chi connectivity index (χ0v) is 14.2. The molecule has 2 amide bonds. The van der Waals surface area contributed by atoms with E-state index in [9.17, 15) is 14.4 Å². The van der Waals surface area contributed by atoms with Crippen LogP contribution < -0.4 is 10.6 Å². The van der Waals surface area contributed by atoms with Crippen LogP contribution in [0.3, 0.4) is 0 Å². The molecule has 0 heterocycles. The van der Waals surface area contributed by atoms with E-state index in [-0.39, 0.29) is 28.1 Å². The highest BCUT2D eigenvalue weighted by molar-refractivity contribution is 6.39. The molecule has 3 N–H and O–H groups in total. The second-order valence-corrected chi connectivity index (χ2v) is 6.18. The Labute approximate surface area is 144 Å². The van der Waals surface area contributed by atoms with Crippen LogP contribution in [0.1, 0.15) is 30.6 Å². The number of nitrogens with one attached hydrogen (secondary N) is 2. The molecule has 1 rings (SSSR count). The van der Waals surface area contributed by atoms with Crippen molar-refractivity contribution in [3.05, 3.63) is 33.8 Å². The third-order valence-corrected chi connectivity index (χ3v) is 3.57. The Hall–Kier alpha value is -1.79. The molecule has 8 heteroatoms. The van der Waals surface area contributed by atoms with E-state index in [0.29, 0.717) is 6.42 Å². The Morgan fingerprint density at radius 3 is 2.22 bits per heavy atom. The highest BCUT2D eigenvalue weighted by Gasteiger charge is 2.22. The molecule has 0 aliphatic carbocycles. The molecule has 0 aliphatic rings. The Bertz CT molecular complexity index is 585. The second kappa shape index (κ2) is 8.74. The van der Waals surface area contributed by atoms with Gasteiger partial charge in [-0.25, -0.2) is 4.79 Å². The number of halogens is 2. The number of benzene rings is 1. The van der Waals surface area contributed by atoms with Crippen LogP contribution in [0.25, 0.3) is 0 Å². The molecule has 0 unspecified atom stereocenters. The topological polar surface area (TPSA) is 95.5 Å². The van der Waals surface area contributed by atoms with Crippen LogP contribution in [-0.2, 0) is 9.59 Å². The van der Waals surface area contributed by atoms with Gasteiger partial charge in [0.15, 0.2) is 0 Å². The van der Waals surface area contributed by atoms with Crippen molar-refractivity contribution in [1.82, 2.24) is 10.6 Å². The number of carbonyl (C=O) groups excluding carboxylic acids is 2. The zero-order valence-electron chi connectivity index (χ0n) is 12.7. The monoisotopic (exact) mass is 360 g/mol. The molecule has 0 bridgehead atoms. The molecule has 0 saturated heterocycles. The molecule has 1 aromatic rings. The Balaban J connectivity index is 2.62. The molecule has 23 heavy (non-hydrogen) atoms. The van der Waals surface area contributed by atoms with Crippen molar-refractivity contribution in [2.75, 3.05) is 6.54 Å². The van der Waals surface area contributed by atoms with Crippen molar-refractivity contribution in [3.8, 4) is 0 Å². The molecule has 0 spiro atoms. The average molecular weight is 361 g/mol. The zero-order chi connectivity index (χ0) is 17.6. The van der Waals surface area contributed by atoms with Gasteiger partial charge in [-0.1, -0.05) is 43.1 Å². The van der Waals surface area contributed by atoms with Gasteiger partial charge in [-0.3, -0.25) is 9.59 Å². The van der Waals surface area contributed by atoms with Gasteiger partial charge in [0.1, 0.15) is 6.04 Å².